The molecule has 0 radical (unpaired) electrons. The van der Waals surface area contributed by atoms with Gasteiger partial charge in [-0.05, 0) is 25.0 Å². The second-order valence-corrected chi connectivity index (χ2v) is 4.63. The number of amides is 1. The summed E-state index contributed by atoms with van der Waals surface area (Å²) in [6.07, 6.45) is 1.81. The fraction of sp³-hybridized carbons (Fsp3) is 0.462. The molecule has 0 aliphatic carbocycles. The van der Waals surface area contributed by atoms with E-state index in [1.807, 2.05) is 0 Å². The van der Waals surface area contributed by atoms with Crippen LogP contribution in [0, 0.1) is 10.1 Å². The third kappa shape index (κ3) is 3.24. The maximum atomic E-state index is 11.6. The van der Waals surface area contributed by atoms with Gasteiger partial charge in [0, 0.05) is 31.3 Å². The summed E-state index contributed by atoms with van der Waals surface area (Å²) in [7, 11) is 1.52. The zero-order valence-corrected chi connectivity index (χ0v) is 11.2. The number of carbonyl (C=O) groups is 1. The van der Waals surface area contributed by atoms with Crippen LogP contribution in [0.1, 0.15) is 23.2 Å². The molecule has 1 saturated heterocycles. The average molecular weight is 279 g/mol. The van der Waals surface area contributed by atoms with Crippen LogP contribution in [0.15, 0.2) is 18.2 Å². The lowest BCUT2D eigenvalue weighted by Gasteiger charge is -2.24. The Kier molecular flexibility index (Phi) is 4.52. The molecule has 1 heterocycles. The lowest BCUT2D eigenvalue weighted by atomic mass is 10.1. The van der Waals surface area contributed by atoms with E-state index in [1.54, 1.807) is 0 Å². The van der Waals surface area contributed by atoms with Gasteiger partial charge in [-0.3, -0.25) is 14.9 Å². The number of nitro groups is 1. The van der Waals surface area contributed by atoms with Crippen LogP contribution in [-0.2, 0) is 4.74 Å². The smallest absolute Gasteiger partial charge is 0.292 e. The Labute approximate surface area is 116 Å². The van der Waals surface area contributed by atoms with E-state index in [1.165, 1.54) is 25.2 Å². The molecular weight excluding hydrogens is 262 g/mol. The first-order valence-corrected chi connectivity index (χ1v) is 6.46. The molecular formula is C13H17N3O4. The molecule has 1 aliphatic heterocycles. The van der Waals surface area contributed by atoms with Gasteiger partial charge in [-0.25, -0.2) is 0 Å². The molecule has 20 heavy (non-hydrogen) atoms. The summed E-state index contributed by atoms with van der Waals surface area (Å²) >= 11 is 0. The fourth-order valence-corrected chi connectivity index (χ4v) is 2.17. The van der Waals surface area contributed by atoms with Gasteiger partial charge < -0.3 is 15.4 Å². The van der Waals surface area contributed by atoms with Crippen LogP contribution >= 0.6 is 0 Å². The van der Waals surface area contributed by atoms with Crippen LogP contribution in [0.3, 0.4) is 0 Å². The second kappa shape index (κ2) is 6.33. The molecule has 7 nitrogen and oxygen atoms in total. The SMILES string of the molecule is CNC(=O)c1ccc([N+](=O)[O-])c(NC2CCCOC2)c1. The number of nitro benzene ring substituents is 1. The standard InChI is InChI=1S/C13H17N3O4/c1-14-13(17)9-4-5-12(16(18)19)11(7-9)15-10-3-2-6-20-8-10/h4-5,7,10,15H,2-3,6,8H2,1H3,(H,14,17). The van der Waals surface area contributed by atoms with E-state index in [2.05, 4.69) is 10.6 Å². The van der Waals surface area contributed by atoms with Crippen LogP contribution in [0.4, 0.5) is 11.4 Å². The third-order valence-electron chi connectivity index (χ3n) is 3.20. The second-order valence-electron chi connectivity index (χ2n) is 4.63. The van der Waals surface area contributed by atoms with Gasteiger partial charge in [0.15, 0.2) is 0 Å². The summed E-state index contributed by atoms with van der Waals surface area (Å²) in [6.45, 7) is 1.24. The van der Waals surface area contributed by atoms with Gasteiger partial charge in [0.05, 0.1) is 11.5 Å². The van der Waals surface area contributed by atoms with Gasteiger partial charge in [0.1, 0.15) is 5.69 Å². The number of rotatable bonds is 4. The molecule has 1 aromatic rings. The van der Waals surface area contributed by atoms with Crippen molar-refractivity contribution in [2.75, 3.05) is 25.6 Å². The first kappa shape index (κ1) is 14.3. The summed E-state index contributed by atoms with van der Waals surface area (Å²) in [5, 5.41) is 16.7. The van der Waals surface area contributed by atoms with E-state index in [0.717, 1.165) is 19.4 Å². The highest BCUT2D eigenvalue weighted by molar-refractivity contribution is 5.95. The van der Waals surface area contributed by atoms with Crippen LogP contribution in [0.5, 0.6) is 0 Å². The average Bonchev–Trinajstić information content (AvgIpc) is 2.47. The maximum absolute atomic E-state index is 11.6. The number of carbonyl (C=O) groups excluding carboxylic acids is 1. The fourth-order valence-electron chi connectivity index (χ4n) is 2.17. The van der Waals surface area contributed by atoms with E-state index < -0.39 is 4.92 Å². The van der Waals surface area contributed by atoms with Gasteiger partial charge in [0.2, 0.25) is 0 Å². The number of anilines is 1. The van der Waals surface area contributed by atoms with E-state index in [9.17, 15) is 14.9 Å². The van der Waals surface area contributed by atoms with Gasteiger partial charge in [-0.15, -0.1) is 0 Å². The molecule has 0 saturated carbocycles. The maximum Gasteiger partial charge on any atom is 0.292 e. The van der Waals surface area contributed by atoms with Crippen LogP contribution < -0.4 is 10.6 Å². The van der Waals surface area contributed by atoms with E-state index in [0.29, 0.717) is 17.9 Å². The molecule has 2 rings (SSSR count). The number of hydrogen-bond acceptors (Lipinski definition) is 5. The lowest BCUT2D eigenvalue weighted by molar-refractivity contribution is -0.384. The van der Waals surface area contributed by atoms with Crippen LogP contribution in [0.2, 0.25) is 0 Å². The number of hydrogen-bond donors (Lipinski definition) is 2. The van der Waals surface area contributed by atoms with Crippen molar-refractivity contribution in [3.8, 4) is 0 Å². The van der Waals surface area contributed by atoms with Gasteiger partial charge in [-0.1, -0.05) is 0 Å². The Bertz CT molecular complexity index is 512. The Morgan fingerprint density at radius 1 is 1.50 bits per heavy atom. The van der Waals surface area contributed by atoms with Crippen molar-refractivity contribution in [1.29, 1.82) is 0 Å². The van der Waals surface area contributed by atoms with Crippen molar-refractivity contribution in [3.05, 3.63) is 33.9 Å². The molecule has 0 bridgehead atoms. The Hall–Kier alpha value is -2.15. The van der Waals surface area contributed by atoms with Gasteiger partial charge >= 0.3 is 0 Å². The van der Waals surface area contributed by atoms with Crippen molar-refractivity contribution in [1.82, 2.24) is 5.32 Å². The van der Waals surface area contributed by atoms with Crippen molar-refractivity contribution in [2.24, 2.45) is 0 Å². The Morgan fingerprint density at radius 3 is 2.90 bits per heavy atom. The van der Waals surface area contributed by atoms with E-state index in [-0.39, 0.29) is 17.6 Å². The predicted octanol–water partition coefficient (Wildman–Crippen LogP) is 1.55. The lowest BCUT2D eigenvalue weighted by Crippen LogP contribution is -2.30. The van der Waals surface area contributed by atoms with Crippen molar-refractivity contribution in [3.63, 3.8) is 0 Å². The molecule has 0 aromatic heterocycles. The van der Waals surface area contributed by atoms with Crippen molar-refractivity contribution < 1.29 is 14.5 Å². The monoisotopic (exact) mass is 279 g/mol. The largest absolute Gasteiger partial charge is 0.379 e. The molecule has 108 valence electrons. The van der Waals surface area contributed by atoms with Crippen molar-refractivity contribution in [2.45, 2.75) is 18.9 Å². The zero-order valence-electron chi connectivity index (χ0n) is 11.2. The molecule has 1 aromatic carbocycles. The molecule has 1 fully saturated rings. The summed E-state index contributed by atoms with van der Waals surface area (Å²) in [4.78, 5) is 22.2. The summed E-state index contributed by atoms with van der Waals surface area (Å²) < 4.78 is 5.34. The number of benzene rings is 1. The summed E-state index contributed by atoms with van der Waals surface area (Å²) in [6, 6.07) is 4.32. The highest BCUT2D eigenvalue weighted by Gasteiger charge is 2.20. The minimum absolute atomic E-state index is 0.0300. The van der Waals surface area contributed by atoms with Gasteiger partial charge in [-0.2, -0.15) is 0 Å². The van der Waals surface area contributed by atoms with Crippen molar-refractivity contribution >= 4 is 17.3 Å². The molecule has 1 aliphatic rings. The van der Waals surface area contributed by atoms with E-state index in [4.69, 9.17) is 4.74 Å². The molecule has 1 atom stereocenters. The first-order valence-electron chi connectivity index (χ1n) is 6.46. The van der Waals surface area contributed by atoms with Gasteiger partial charge in [0.25, 0.3) is 11.6 Å². The Morgan fingerprint density at radius 2 is 2.30 bits per heavy atom. The predicted molar refractivity (Wildman–Crippen MR) is 74.0 cm³/mol. The highest BCUT2D eigenvalue weighted by Crippen LogP contribution is 2.27. The summed E-state index contributed by atoms with van der Waals surface area (Å²) in [5.41, 5.74) is 0.701. The topological polar surface area (TPSA) is 93.5 Å². The first-order chi connectivity index (χ1) is 9.61. The molecule has 1 unspecified atom stereocenters. The Balaban J connectivity index is 2.26. The minimum Gasteiger partial charge on any atom is -0.379 e. The number of ether oxygens (including phenoxy) is 1. The molecule has 2 N–H and O–H groups in total. The zero-order chi connectivity index (χ0) is 14.5. The number of nitrogens with one attached hydrogen (secondary N) is 2. The summed E-state index contributed by atoms with van der Waals surface area (Å²) in [5.74, 6) is -0.275. The quantitative estimate of drug-likeness (QED) is 0.644. The minimum atomic E-state index is -0.459. The normalized spacial score (nSPS) is 18.4. The highest BCUT2D eigenvalue weighted by atomic mass is 16.6. The molecule has 7 heteroatoms. The molecule has 0 spiro atoms. The molecule has 1 amide bonds. The van der Waals surface area contributed by atoms with Crippen LogP contribution in [0.25, 0.3) is 0 Å². The van der Waals surface area contributed by atoms with Crippen LogP contribution in [-0.4, -0.2) is 37.1 Å². The third-order valence-corrected chi connectivity index (χ3v) is 3.20. The number of nitrogens with zero attached hydrogens (tertiary/aromatic N) is 1. The van der Waals surface area contributed by atoms with E-state index >= 15 is 0 Å².